The highest BCUT2D eigenvalue weighted by Crippen LogP contribution is 2.15. The molecule has 0 aliphatic carbocycles. The Labute approximate surface area is 86.1 Å². The third-order valence-corrected chi connectivity index (χ3v) is 2.52. The van der Waals surface area contributed by atoms with Crippen LogP contribution in [0.5, 0.6) is 0 Å². The predicted octanol–water partition coefficient (Wildman–Crippen LogP) is 3.05. The molecule has 0 spiro atoms. The number of hydrogen-bond acceptors (Lipinski definition) is 1. The quantitative estimate of drug-likeness (QED) is 0.629. The Morgan fingerprint density at radius 2 is 2.00 bits per heavy atom. The normalized spacial score (nSPS) is 12.4. The smallest absolute Gasteiger partial charge is 0.120 e. The highest BCUT2D eigenvalue weighted by atomic mass is 16.1. The molecule has 1 unspecified atom stereocenters. The first kappa shape index (κ1) is 11.0. The molecule has 1 atom stereocenters. The molecule has 1 rings (SSSR count). The summed E-state index contributed by atoms with van der Waals surface area (Å²) in [6.45, 7) is 3.86. The third kappa shape index (κ3) is 3.73. The predicted molar refractivity (Wildman–Crippen MR) is 58.9 cm³/mol. The maximum Gasteiger partial charge on any atom is 0.120 e. The average molecular weight is 189 g/mol. The zero-order chi connectivity index (χ0) is 10.2. The van der Waals surface area contributed by atoms with Crippen LogP contribution in [0, 0.1) is 12.8 Å². The van der Waals surface area contributed by atoms with Gasteiger partial charge in [-0.3, -0.25) is 0 Å². The maximum atomic E-state index is 10.4. The number of hydrogen-bond donors (Lipinski definition) is 0. The molecular weight excluding hydrogens is 172 g/mol. The lowest BCUT2D eigenvalue weighted by atomic mass is 9.95. The number of carbonyl (C=O) groups is 1. The van der Waals surface area contributed by atoms with Gasteiger partial charge in [0.25, 0.3) is 0 Å². The summed E-state index contributed by atoms with van der Waals surface area (Å²) in [5, 5.41) is 0. The van der Waals surface area contributed by atoms with Crippen LogP contribution in [0.2, 0.25) is 0 Å². The van der Waals surface area contributed by atoms with E-state index in [1.807, 2.05) is 18.2 Å². The van der Waals surface area contributed by atoms with Gasteiger partial charge in [0.1, 0.15) is 6.29 Å². The summed E-state index contributed by atoms with van der Waals surface area (Å²) in [6.07, 6.45) is 4.61. The lowest BCUT2D eigenvalue weighted by Crippen LogP contribution is -2.01. The molecule has 1 aromatic carbocycles. The minimum absolute atomic E-state index is 0.452. The van der Waals surface area contributed by atoms with Gasteiger partial charge in [-0.15, -0.1) is 0 Å². The van der Waals surface area contributed by atoms with E-state index >= 15 is 0 Å². The molecule has 0 fully saturated rings. The van der Waals surface area contributed by atoms with Gasteiger partial charge in [-0.1, -0.05) is 43.7 Å². The highest BCUT2D eigenvalue weighted by Gasteiger charge is 2.05. The van der Waals surface area contributed by atoms with Crippen molar-refractivity contribution in [3.63, 3.8) is 0 Å². The Kier molecular flexibility index (Phi) is 4.98. The fourth-order valence-corrected chi connectivity index (χ4v) is 1.53. The second-order valence-corrected chi connectivity index (χ2v) is 3.58. The monoisotopic (exact) mass is 189 g/mol. The molecule has 0 bridgehead atoms. The molecule has 14 heavy (non-hydrogen) atoms. The Hall–Kier alpha value is -1.11. The lowest BCUT2D eigenvalue weighted by molar-refractivity contribution is -0.108. The first-order valence-corrected chi connectivity index (χ1v) is 5.13. The van der Waals surface area contributed by atoms with E-state index in [-0.39, 0.29) is 0 Å². The van der Waals surface area contributed by atoms with Gasteiger partial charge >= 0.3 is 0 Å². The van der Waals surface area contributed by atoms with E-state index in [2.05, 4.69) is 19.1 Å². The summed E-state index contributed by atoms with van der Waals surface area (Å²) in [7, 11) is 0. The summed E-state index contributed by atoms with van der Waals surface area (Å²) < 4.78 is 0. The lowest BCUT2D eigenvalue weighted by Gasteiger charge is -2.10. The zero-order valence-corrected chi connectivity index (χ0v) is 8.49. The van der Waals surface area contributed by atoms with Crippen LogP contribution in [0.15, 0.2) is 30.3 Å². The van der Waals surface area contributed by atoms with Gasteiger partial charge in [-0.25, -0.2) is 0 Å². The van der Waals surface area contributed by atoms with Gasteiger partial charge in [-0.05, 0) is 24.3 Å². The van der Waals surface area contributed by atoms with Gasteiger partial charge in [0.2, 0.25) is 0 Å². The molecule has 0 heterocycles. The van der Waals surface area contributed by atoms with Crippen LogP contribution < -0.4 is 0 Å². The third-order valence-electron chi connectivity index (χ3n) is 2.52. The minimum Gasteiger partial charge on any atom is -0.303 e. The molecule has 0 aliphatic rings. The van der Waals surface area contributed by atoms with E-state index in [9.17, 15) is 4.79 Å². The number of aryl methyl sites for hydroxylation is 1. The highest BCUT2D eigenvalue weighted by molar-refractivity contribution is 5.49. The molecule has 1 aromatic rings. The number of carbonyl (C=O) groups excluding carboxylic acids is 1. The topological polar surface area (TPSA) is 17.1 Å². The molecule has 0 saturated heterocycles. The van der Waals surface area contributed by atoms with Crippen molar-refractivity contribution >= 4 is 6.29 Å². The maximum absolute atomic E-state index is 10.4. The van der Waals surface area contributed by atoms with Crippen LogP contribution in [0.3, 0.4) is 0 Å². The Bertz CT molecular complexity index is 253. The number of aldehydes is 1. The van der Waals surface area contributed by atoms with Crippen molar-refractivity contribution in [2.75, 3.05) is 0 Å². The Balaban J connectivity index is 2.35. The summed E-state index contributed by atoms with van der Waals surface area (Å²) in [6, 6.07) is 10.4. The van der Waals surface area contributed by atoms with Crippen molar-refractivity contribution in [1.82, 2.24) is 0 Å². The van der Waals surface area contributed by atoms with Crippen LogP contribution in [-0.4, -0.2) is 6.29 Å². The SMILES string of the molecule is [CH2]CC(CC=O)CCc1ccccc1. The first-order chi connectivity index (χ1) is 6.86. The van der Waals surface area contributed by atoms with Gasteiger partial charge in [-0.2, -0.15) is 0 Å². The van der Waals surface area contributed by atoms with Crippen molar-refractivity contribution in [3.05, 3.63) is 42.8 Å². The summed E-state index contributed by atoms with van der Waals surface area (Å²) in [5.74, 6) is 0.452. The van der Waals surface area contributed by atoms with E-state index in [4.69, 9.17) is 0 Å². The molecule has 0 amide bonds. The van der Waals surface area contributed by atoms with Crippen LogP contribution >= 0.6 is 0 Å². The molecular formula is C13H17O. The van der Waals surface area contributed by atoms with E-state index in [0.29, 0.717) is 12.3 Å². The van der Waals surface area contributed by atoms with Crippen LogP contribution in [0.4, 0.5) is 0 Å². The molecule has 1 heteroatoms. The Morgan fingerprint density at radius 3 is 2.57 bits per heavy atom. The zero-order valence-electron chi connectivity index (χ0n) is 8.49. The van der Waals surface area contributed by atoms with Crippen molar-refractivity contribution in [3.8, 4) is 0 Å². The van der Waals surface area contributed by atoms with E-state index in [1.165, 1.54) is 5.56 Å². The van der Waals surface area contributed by atoms with Crippen LogP contribution in [-0.2, 0) is 11.2 Å². The molecule has 1 nitrogen and oxygen atoms in total. The van der Waals surface area contributed by atoms with Crippen molar-refractivity contribution in [2.24, 2.45) is 5.92 Å². The number of rotatable bonds is 6. The average Bonchev–Trinajstić information content (AvgIpc) is 2.25. The fourth-order valence-electron chi connectivity index (χ4n) is 1.53. The summed E-state index contributed by atoms with van der Waals surface area (Å²) in [4.78, 5) is 10.4. The molecule has 0 aliphatic heterocycles. The van der Waals surface area contributed by atoms with Crippen molar-refractivity contribution in [2.45, 2.75) is 25.7 Å². The van der Waals surface area contributed by atoms with Gasteiger partial charge in [0, 0.05) is 6.42 Å². The van der Waals surface area contributed by atoms with Gasteiger partial charge < -0.3 is 4.79 Å². The van der Waals surface area contributed by atoms with E-state index in [0.717, 1.165) is 25.5 Å². The second-order valence-electron chi connectivity index (χ2n) is 3.58. The summed E-state index contributed by atoms with van der Waals surface area (Å²) >= 11 is 0. The molecule has 0 saturated carbocycles. The minimum atomic E-state index is 0.452. The van der Waals surface area contributed by atoms with Crippen LogP contribution in [0.1, 0.15) is 24.8 Å². The fraction of sp³-hybridized carbons (Fsp3) is 0.385. The molecule has 0 aromatic heterocycles. The summed E-state index contributed by atoms with van der Waals surface area (Å²) in [5.41, 5.74) is 1.34. The Morgan fingerprint density at radius 1 is 1.29 bits per heavy atom. The number of benzene rings is 1. The molecule has 1 radical (unpaired) electrons. The molecule has 0 N–H and O–H groups in total. The van der Waals surface area contributed by atoms with E-state index in [1.54, 1.807) is 0 Å². The van der Waals surface area contributed by atoms with Crippen molar-refractivity contribution in [1.29, 1.82) is 0 Å². The first-order valence-electron chi connectivity index (χ1n) is 5.13. The molecule has 75 valence electrons. The largest absolute Gasteiger partial charge is 0.303 e. The van der Waals surface area contributed by atoms with Gasteiger partial charge in [0.15, 0.2) is 0 Å². The van der Waals surface area contributed by atoms with Crippen molar-refractivity contribution < 1.29 is 4.79 Å². The second kappa shape index (κ2) is 6.36. The van der Waals surface area contributed by atoms with Crippen LogP contribution in [0.25, 0.3) is 0 Å². The van der Waals surface area contributed by atoms with E-state index < -0.39 is 0 Å². The standard InChI is InChI=1S/C13H17O/c1-2-12(10-11-14)8-9-13-6-4-3-5-7-13/h3-7,11-12H,1-2,8-10H2. The van der Waals surface area contributed by atoms with Gasteiger partial charge in [0.05, 0.1) is 0 Å².